The number of nitrogens with two attached hydrogens (primary N) is 1. The highest BCUT2D eigenvalue weighted by Gasteiger charge is 1.98. The molecule has 1 heterocycles. The zero-order valence-corrected chi connectivity index (χ0v) is 10.5. The molecule has 0 spiro atoms. The topological polar surface area (TPSA) is 78.6 Å². The van der Waals surface area contributed by atoms with Gasteiger partial charge in [-0.25, -0.2) is 0 Å². The van der Waals surface area contributed by atoms with Gasteiger partial charge in [0.05, 0.1) is 5.84 Å². The quantitative estimate of drug-likeness (QED) is 0.252. The number of hydrogen-bond acceptors (Lipinski definition) is 5. The maximum absolute atomic E-state index is 7.01. The van der Waals surface area contributed by atoms with Crippen LogP contribution < -0.4 is 5.73 Å². The van der Waals surface area contributed by atoms with E-state index in [1.165, 1.54) is 11.3 Å². The highest BCUT2D eigenvalue weighted by Crippen LogP contribution is 2.20. The van der Waals surface area contributed by atoms with Gasteiger partial charge >= 0.3 is 0 Å². The molecule has 1 aromatic heterocycles. The summed E-state index contributed by atoms with van der Waals surface area (Å²) in [6.45, 7) is 0. The van der Waals surface area contributed by atoms with Gasteiger partial charge < -0.3 is 5.73 Å². The second kappa shape index (κ2) is 7.22. The Labute approximate surface area is 102 Å². The smallest absolute Gasteiger partial charge is 0.177 e. The molecule has 1 aromatic rings. The fourth-order valence-corrected chi connectivity index (χ4v) is 2.79. The second-order valence-electron chi connectivity index (χ2n) is 2.36. The average molecular weight is 271 g/mol. The Morgan fingerprint density at radius 2 is 2.43 bits per heavy atom. The summed E-state index contributed by atoms with van der Waals surface area (Å²) in [6.07, 6.45) is 1.56. The third-order valence-corrected chi connectivity index (χ3v) is 3.55. The summed E-state index contributed by atoms with van der Waals surface area (Å²) in [4.78, 5) is 0. The van der Waals surface area contributed by atoms with Crippen LogP contribution in [0.5, 0.6) is 0 Å². The molecule has 0 radical (unpaired) electrons. The van der Waals surface area contributed by atoms with Crippen LogP contribution in [0.4, 0.5) is 0 Å². The predicted octanol–water partition coefficient (Wildman–Crippen LogP) is 2.43. The normalized spacial score (nSPS) is 9.43. The van der Waals surface area contributed by atoms with Crippen molar-refractivity contribution in [1.82, 2.24) is 10.2 Å². The molecule has 1 rings (SSSR count). The molecule has 4 nitrogen and oxygen atoms in total. The molecule has 4 N–H and O–H groups in total. The zero-order valence-electron chi connectivity index (χ0n) is 7.28. The van der Waals surface area contributed by atoms with Crippen molar-refractivity contribution >= 4 is 53.6 Å². The number of hydrogen-bond donors (Lipinski definition) is 3. The first-order valence-corrected chi connectivity index (χ1v) is 5.90. The Bertz CT molecular complexity index is 334. The van der Waals surface area contributed by atoms with E-state index in [0.29, 0.717) is 10.4 Å². The van der Waals surface area contributed by atoms with Crippen molar-refractivity contribution in [3.63, 3.8) is 0 Å². The molecule has 0 saturated carbocycles. The Morgan fingerprint density at radius 3 is 2.93 bits per heavy atom. The molecule has 0 bridgehead atoms. The van der Waals surface area contributed by atoms with Crippen LogP contribution in [-0.4, -0.2) is 21.8 Å². The number of halogens is 1. The van der Waals surface area contributed by atoms with E-state index >= 15 is 0 Å². The molecule has 0 aliphatic rings. The molecule has 0 unspecified atom stereocenters. The summed E-state index contributed by atoms with van der Waals surface area (Å²) in [5, 5.41) is 13.7. The van der Waals surface area contributed by atoms with Crippen molar-refractivity contribution in [2.45, 2.75) is 17.2 Å². The fourth-order valence-electron chi connectivity index (χ4n) is 0.700. The molecule has 0 fully saturated rings. The van der Waals surface area contributed by atoms with Crippen molar-refractivity contribution in [2.24, 2.45) is 5.73 Å². The third kappa shape index (κ3) is 5.58. The van der Waals surface area contributed by atoms with Crippen LogP contribution in [0.3, 0.4) is 0 Å². The van der Waals surface area contributed by atoms with E-state index < -0.39 is 0 Å². The molecule has 80 valence electrons. The van der Waals surface area contributed by atoms with Gasteiger partial charge in [0.1, 0.15) is 0 Å². The number of nitrogens with one attached hydrogen (secondary N) is 2. The monoisotopic (exact) mass is 270 g/mol. The first-order chi connectivity index (χ1) is 6.18. The summed E-state index contributed by atoms with van der Waals surface area (Å²) in [5.74, 6) is 1.17. The largest absolute Gasteiger partial charge is 0.388 e. The average Bonchev–Trinajstić information content (AvgIpc) is 2.45. The maximum Gasteiger partial charge on any atom is 0.177 e. The standard InChI is InChI=1S/C6H10N4S3.ClH/c7-4(8)2-1-3-12-6-10-9-5(11)13-6;/h1-3H2,(H3,7,8)(H,9,11);1H. The van der Waals surface area contributed by atoms with Crippen LogP contribution in [-0.2, 0) is 0 Å². The van der Waals surface area contributed by atoms with Gasteiger partial charge in [0, 0.05) is 12.2 Å². The number of aromatic amines is 1. The Morgan fingerprint density at radius 1 is 1.71 bits per heavy atom. The summed E-state index contributed by atoms with van der Waals surface area (Å²) >= 11 is 8.00. The summed E-state index contributed by atoms with van der Waals surface area (Å²) < 4.78 is 1.66. The van der Waals surface area contributed by atoms with Gasteiger partial charge in [-0.2, -0.15) is 5.10 Å². The van der Waals surface area contributed by atoms with Crippen molar-refractivity contribution in [2.75, 3.05) is 5.75 Å². The van der Waals surface area contributed by atoms with Crippen molar-refractivity contribution in [1.29, 1.82) is 5.41 Å². The maximum atomic E-state index is 7.01. The number of rotatable bonds is 5. The molecular formula is C6H11ClN4S3. The minimum absolute atomic E-state index is 0. The van der Waals surface area contributed by atoms with Gasteiger partial charge in [0.15, 0.2) is 8.29 Å². The molecule has 0 amide bonds. The van der Waals surface area contributed by atoms with Gasteiger partial charge in [-0.3, -0.25) is 10.5 Å². The predicted molar refractivity (Wildman–Crippen MR) is 66.4 cm³/mol. The molecule has 0 atom stereocenters. The molecule has 0 saturated heterocycles. The number of thioether (sulfide) groups is 1. The molecule has 14 heavy (non-hydrogen) atoms. The zero-order chi connectivity index (χ0) is 9.68. The van der Waals surface area contributed by atoms with Crippen molar-refractivity contribution in [3.8, 4) is 0 Å². The first kappa shape index (κ1) is 13.9. The van der Waals surface area contributed by atoms with E-state index in [4.69, 9.17) is 23.4 Å². The van der Waals surface area contributed by atoms with Crippen LogP contribution in [0.15, 0.2) is 4.34 Å². The van der Waals surface area contributed by atoms with Crippen LogP contribution in [0.1, 0.15) is 12.8 Å². The van der Waals surface area contributed by atoms with Gasteiger partial charge in [-0.15, -0.1) is 12.4 Å². The lowest BCUT2D eigenvalue weighted by molar-refractivity contribution is 0.974. The second-order valence-corrected chi connectivity index (χ2v) is 5.36. The Balaban J connectivity index is 0.00000169. The molecule has 0 aliphatic heterocycles. The highest BCUT2D eigenvalue weighted by molar-refractivity contribution is 8.01. The van der Waals surface area contributed by atoms with Crippen LogP contribution in [0, 0.1) is 9.36 Å². The lowest BCUT2D eigenvalue weighted by Gasteiger charge is -1.95. The van der Waals surface area contributed by atoms with Crippen molar-refractivity contribution in [3.05, 3.63) is 3.95 Å². The highest BCUT2D eigenvalue weighted by atomic mass is 35.5. The minimum atomic E-state index is 0. The number of aromatic nitrogens is 2. The van der Waals surface area contributed by atoms with Crippen LogP contribution >= 0.6 is 47.7 Å². The molecule has 0 aromatic carbocycles. The van der Waals surface area contributed by atoms with Gasteiger partial charge in [0.25, 0.3) is 0 Å². The molecule has 0 aliphatic carbocycles. The van der Waals surface area contributed by atoms with Crippen LogP contribution in [0.2, 0.25) is 0 Å². The van der Waals surface area contributed by atoms with Gasteiger partial charge in [0.2, 0.25) is 0 Å². The van der Waals surface area contributed by atoms with Gasteiger partial charge in [-0.05, 0) is 18.6 Å². The van der Waals surface area contributed by atoms with Gasteiger partial charge in [-0.1, -0.05) is 23.1 Å². The number of nitrogens with zero attached hydrogens (tertiary/aromatic N) is 1. The SMILES string of the molecule is Cl.N=C(N)CCCSc1n[nH]c(=S)s1. The van der Waals surface area contributed by atoms with E-state index in [0.717, 1.165) is 16.5 Å². The molecule has 8 heteroatoms. The fraction of sp³-hybridized carbons (Fsp3) is 0.500. The van der Waals surface area contributed by atoms with E-state index in [2.05, 4.69) is 10.2 Å². The summed E-state index contributed by atoms with van der Waals surface area (Å²) in [7, 11) is 0. The summed E-state index contributed by atoms with van der Waals surface area (Å²) in [5.41, 5.74) is 5.21. The lowest BCUT2D eigenvalue weighted by Crippen LogP contribution is -2.08. The number of amidine groups is 1. The van der Waals surface area contributed by atoms with E-state index in [-0.39, 0.29) is 18.2 Å². The number of H-pyrrole nitrogens is 1. The first-order valence-electron chi connectivity index (χ1n) is 3.69. The Kier molecular flexibility index (Phi) is 7.16. The van der Waals surface area contributed by atoms with E-state index in [9.17, 15) is 0 Å². The van der Waals surface area contributed by atoms with E-state index in [1.54, 1.807) is 11.8 Å². The van der Waals surface area contributed by atoms with Crippen LogP contribution in [0.25, 0.3) is 0 Å². The Hall–Kier alpha value is -0.110. The lowest BCUT2D eigenvalue weighted by atomic mass is 10.3. The third-order valence-electron chi connectivity index (χ3n) is 1.23. The minimum Gasteiger partial charge on any atom is -0.388 e. The summed E-state index contributed by atoms with van der Waals surface area (Å²) in [6, 6.07) is 0. The molecular weight excluding hydrogens is 260 g/mol. The van der Waals surface area contributed by atoms with Crippen molar-refractivity contribution < 1.29 is 0 Å². The van der Waals surface area contributed by atoms with E-state index in [1.807, 2.05) is 0 Å².